The minimum atomic E-state index is 0.0627. The fourth-order valence-electron chi connectivity index (χ4n) is 3.15. The summed E-state index contributed by atoms with van der Waals surface area (Å²) >= 11 is 0. The topological polar surface area (TPSA) is 58.9 Å². The van der Waals surface area contributed by atoms with Gasteiger partial charge in [-0.15, -0.1) is 0 Å². The Morgan fingerprint density at radius 1 is 0.471 bits per heavy atom. The summed E-state index contributed by atoms with van der Waals surface area (Å²) in [4.78, 5) is 0. The Kier molecular flexibility index (Phi) is 8.94. The van der Waals surface area contributed by atoms with Crippen LogP contribution in [0.3, 0.4) is 0 Å². The van der Waals surface area contributed by atoms with Crippen LogP contribution in [-0.2, 0) is 0 Å². The van der Waals surface area contributed by atoms with Crippen LogP contribution >= 0.6 is 0 Å². The molecule has 0 radical (unpaired) electrons. The van der Waals surface area contributed by atoms with Crippen LogP contribution in [0.15, 0.2) is 97.1 Å². The standard InChI is InChI=1S/C16H16O2.C14H12O2/c1-17-15-10-14(11-16(12-15)18-2)9-8-13-6-4-3-5-7-13;15-13-8-12(9-14(16)10-13)7-6-11-4-2-1-3-5-11/h3-12H,1-2H3;1-10,15-16H/b9-8+;7-6+. The van der Waals surface area contributed by atoms with E-state index in [0.717, 1.165) is 28.2 Å². The maximum absolute atomic E-state index is 9.30. The largest absolute Gasteiger partial charge is 0.508 e. The van der Waals surface area contributed by atoms with E-state index in [9.17, 15) is 10.2 Å². The van der Waals surface area contributed by atoms with E-state index in [4.69, 9.17) is 9.47 Å². The molecular formula is C30H28O4. The van der Waals surface area contributed by atoms with Gasteiger partial charge in [0, 0.05) is 12.1 Å². The molecule has 4 aromatic rings. The second kappa shape index (κ2) is 12.6. The summed E-state index contributed by atoms with van der Waals surface area (Å²) in [5.41, 5.74) is 4.06. The zero-order valence-corrected chi connectivity index (χ0v) is 19.3. The molecule has 0 saturated carbocycles. The van der Waals surface area contributed by atoms with Crippen LogP contribution < -0.4 is 9.47 Å². The number of phenols is 2. The Bertz CT molecular complexity index is 1190. The van der Waals surface area contributed by atoms with E-state index in [0.29, 0.717) is 0 Å². The molecule has 0 aliphatic carbocycles. The minimum Gasteiger partial charge on any atom is -0.508 e. The third-order valence-electron chi connectivity index (χ3n) is 4.83. The van der Waals surface area contributed by atoms with E-state index < -0.39 is 0 Å². The number of hydrogen-bond acceptors (Lipinski definition) is 4. The van der Waals surface area contributed by atoms with Crippen molar-refractivity contribution in [1.82, 2.24) is 0 Å². The predicted molar refractivity (Wildman–Crippen MR) is 140 cm³/mol. The van der Waals surface area contributed by atoms with Gasteiger partial charge < -0.3 is 19.7 Å². The summed E-state index contributed by atoms with van der Waals surface area (Å²) in [5.74, 6) is 1.71. The number of rotatable bonds is 6. The molecule has 4 rings (SSSR count). The SMILES string of the molecule is COc1cc(/C=C/c2ccccc2)cc(OC)c1.Oc1cc(O)cc(/C=C/c2ccccc2)c1. The van der Waals surface area contributed by atoms with Crippen molar-refractivity contribution in [2.24, 2.45) is 0 Å². The number of phenolic OH excluding ortho intramolecular Hbond substituents is 2. The molecule has 0 heterocycles. The summed E-state index contributed by atoms with van der Waals surface area (Å²) in [7, 11) is 3.30. The van der Waals surface area contributed by atoms with Crippen molar-refractivity contribution in [1.29, 1.82) is 0 Å². The summed E-state index contributed by atoms with van der Waals surface area (Å²) in [6.45, 7) is 0. The first-order valence-electron chi connectivity index (χ1n) is 10.8. The first kappa shape index (κ1) is 24.2. The highest BCUT2D eigenvalue weighted by atomic mass is 16.5. The average molecular weight is 453 g/mol. The molecule has 0 spiro atoms. The lowest BCUT2D eigenvalue weighted by Gasteiger charge is -2.05. The van der Waals surface area contributed by atoms with Gasteiger partial charge in [-0.25, -0.2) is 0 Å². The highest BCUT2D eigenvalue weighted by Crippen LogP contribution is 2.24. The third kappa shape index (κ3) is 7.92. The Balaban J connectivity index is 0.000000192. The molecule has 172 valence electrons. The van der Waals surface area contributed by atoms with Gasteiger partial charge in [0.05, 0.1) is 14.2 Å². The predicted octanol–water partition coefficient (Wildman–Crippen LogP) is 7.14. The second-order valence-corrected chi connectivity index (χ2v) is 7.42. The molecule has 0 aliphatic heterocycles. The zero-order chi connectivity index (χ0) is 24.2. The van der Waals surface area contributed by atoms with E-state index in [-0.39, 0.29) is 11.5 Å². The van der Waals surface area contributed by atoms with Crippen LogP contribution in [0.5, 0.6) is 23.0 Å². The molecule has 0 unspecified atom stereocenters. The van der Waals surface area contributed by atoms with Gasteiger partial charge in [-0.1, -0.05) is 85.0 Å². The minimum absolute atomic E-state index is 0.0627. The second-order valence-electron chi connectivity index (χ2n) is 7.42. The highest BCUT2D eigenvalue weighted by Gasteiger charge is 1.99. The van der Waals surface area contributed by atoms with Crippen LogP contribution in [0.1, 0.15) is 22.3 Å². The van der Waals surface area contributed by atoms with E-state index in [2.05, 4.69) is 18.2 Å². The molecule has 0 aromatic heterocycles. The van der Waals surface area contributed by atoms with Gasteiger partial charge in [-0.3, -0.25) is 0 Å². The van der Waals surface area contributed by atoms with Gasteiger partial charge in [-0.05, 0) is 46.5 Å². The Hall–Kier alpha value is -4.44. The molecule has 0 amide bonds. The molecule has 4 nitrogen and oxygen atoms in total. The molecule has 0 fully saturated rings. The fraction of sp³-hybridized carbons (Fsp3) is 0.0667. The Morgan fingerprint density at radius 3 is 1.26 bits per heavy atom. The van der Waals surface area contributed by atoms with Crippen molar-refractivity contribution in [2.75, 3.05) is 14.2 Å². The zero-order valence-electron chi connectivity index (χ0n) is 19.3. The van der Waals surface area contributed by atoms with Crippen molar-refractivity contribution in [3.63, 3.8) is 0 Å². The Labute approximate surface area is 200 Å². The van der Waals surface area contributed by atoms with Gasteiger partial charge in [0.2, 0.25) is 0 Å². The number of aromatic hydroxyl groups is 2. The molecule has 0 bridgehead atoms. The van der Waals surface area contributed by atoms with E-state index in [1.165, 1.54) is 11.6 Å². The molecular weight excluding hydrogens is 424 g/mol. The lowest BCUT2D eigenvalue weighted by atomic mass is 10.1. The summed E-state index contributed by atoms with van der Waals surface area (Å²) in [6, 6.07) is 30.3. The smallest absolute Gasteiger partial charge is 0.123 e. The first-order valence-corrected chi connectivity index (χ1v) is 10.8. The van der Waals surface area contributed by atoms with Crippen LogP contribution in [0.4, 0.5) is 0 Å². The molecule has 0 saturated heterocycles. The number of benzene rings is 4. The van der Waals surface area contributed by atoms with E-state index in [1.807, 2.05) is 85.0 Å². The van der Waals surface area contributed by atoms with Gasteiger partial charge in [0.15, 0.2) is 0 Å². The molecule has 0 atom stereocenters. The van der Waals surface area contributed by atoms with Crippen molar-refractivity contribution < 1.29 is 19.7 Å². The average Bonchev–Trinajstić information content (AvgIpc) is 2.87. The fourth-order valence-corrected chi connectivity index (χ4v) is 3.15. The van der Waals surface area contributed by atoms with Gasteiger partial charge >= 0.3 is 0 Å². The summed E-state index contributed by atoms with van der Waals surface area (Å²) in [5, 5.41) is 18.6. The monoisotopic (exact) mass is 452 g/mol. The highest BCUT2D eigenvalue weighted by molar-refractivity contribution is 5.71. The first-order chi connectivity index (χ1) is 16.6. The molecule has 2 N–H and O–H groups in total. The van der Waals surface area contributed by atoms with Crippen molar-refractivity contribution in [3.8, 4) is 23.0 Å². The number of ether oxygens (including phenoxy) is 2. The van der Waals surface area contributed by atoms with Crippen molar-refractivity contribution in [2.45, 2.75) is 0 Å². The molecule has 0 aliphatic rings. The van der Waals surface area contributed by atoms with Gasteiger partial charge in [0.25, 0.3) is 0 Å². The van der Waals surface area contributed by atoms with Crippen LogP contribution in [0, 0.1) is 0 Å². The molecule has 34 heavy (non-hydrogen) atoms. The Morgan fingerprint density at radius 2 is 0.853 bits per heavy atom. The quantitative estimate of drug-likeness (QED) is 0.305. The number of hydrogen-bond donors (Lipinski definition) is 2. The maximum atomic E-state index is 9.30. The van der Waals surface area contributed by atoms with Crippen LogP contribution in [0.2, 0.25) is 0 Å². The maximum Gasteiger partial charge on any atom is 0.123 e. The van der Waals surface area contributed by atoms with Gasteiger partial charge in [-0.2, -0.15) is 0 Å². The van der Waals surface area contributed by atoms with Crippen LogP contribution in [-0.4, -0.2) is 24.4 Å². The normalized spacial score (nSPS) is 10.6. The third-order valence-corrected chi connectivity index (χ3v) is 4.83. The lowest BCUT2D eigenvalue weighted by molar-refractivity contribution is 0.394. The lowest BCUT2D eigenvalue weighted by Crippen LogP contribution is -1.88. The van der Waals surface area contributed by atoms with Crippen molar-refractivity contribution in [3.05, 3.63) is 119 Å². The van der Waals surface area contributed by atoms with Crippen molar-refractivity contribution >= 4 is 24.3 Å². The van der Waals surface area contributed by atoms with E-state index >= 15 is 0 Å². The number of methoxy groups -OCH3 is 2. The molecule has 4 heteroatoms. The van der Waals surface area contributed by atoms with Crippen LogP contribution in [0.25, 0.3) is 24.3 Å². The summed E-state index contributed by atoms with van der Waals surface area (Å²) in [6.07, 6.45) is 7.87. The van der Waals surface area contributed by atoms with Gasteiger partial charge in [0.1, 0.15) is 23.0 Å². The summed E-state index contributed by atoms with van der Waals surface area (Å²) < 4.78 is 10.5. The van der Waals surface area contributed by atoms with E-state index in [1.54, 1.807) is 26.4 Å². The molecule has 4 aromatic carbocycles.